The number of sulfone groups is 1. The number of amides is 1. The van der Waals surface area contributed by atoms with Gasteiger partial charge in [-0.2, -0.15) is 0 Å². The van der Waals surface area contributed by atoms with Gasteiger partial charge in [0.15, 0.2) is 15.6 Å². The molecule has 0 unspecified atom stereocenters. The van der Waals surface area contributed by atoms with Crippen LogP contribution in [0.1, 0.15) is 30.7 Å². The molecule has 0 atom stereocenters. The van der Waals surface area contributed by atoms with Gasteiger partial charge in [-0.05, 0) is 24.6 Å². The number of nitrogens with zero attached hydrogens (tertiary/aromatic N) is 2. The minimum Gasteiger partial charge on any atom is -0.504 e. The maximum Gasteiger partial charge on any atom is 0.223 e. The van der Waals surface area contributed by atoms with Crippen LogP contribution in [0.25, 0.3) is 10.7 Å². The van der Waals surface area contributed by atoms with Crippen molar-refractivity contribution >= 4 is 55.3 Å². The second-order valence-corrected chi connectivity index (χ2v) is 8.83. The normalized spacial score (nSPS) is 15.3. The van der Waals surface area contributed by atoms with E-state index in [1.165, 1.54) is 24.0 Å². The quantitative estimate of drug-likeness (QED) is 0.765. The van der Waals surface area contributed by atoms with Crippen LogP contribution in [0.3, 0.4) is 0 Å². The van der Waals surface area contributed by atoms with Crippen molar-refractivity contribution in [2.45, 2.75) is 19.6 Å². The summed E-state index contributed by atoms with van der Waals surface area (Å²) in [5, 5.41) is 10.7. The molecule has 148 valence electrons. The average molecular weight is 445 g/mol. The van der Waals surface area contributed by atoms with Crippen molar-refractivity contribution in [3.63, 3.8) is 0 Å². The Morgan fingerprint density at radius 1 is 1.36 bits per heavy atom. The molecule has 1 aromatic carbocycles. The summed E-state index contributed by atoms with van der Waals surface area (Å²) in [6.07, 6.45) is 0.883. The van der Waals surface area contributed by atoms with Crippen molar-refractivity contribution < 1.29 is 22.7 Å². The smallest absolute Gasteiger partial charge is 0.223 e. The molecule has 1 amide bonds. The maximum absolute atomic E-state index is 13.4. The first-order valence-corrected chi connectivity index (χ1v) is 10.6. The van der Waals surface area contributed by atoms with Gasteiger partial charge in [-0.3, -0.25) is 4.79 Å². The molecule has 0 saturated heterocycles. The van der Waals surface area contributed by atoms with Gasteiger partial charge in [-0.1, -0.05) is 29.3 Å². The van der Waals surface area contributed by atoms with Crippen LogP contribution in [0.4, 0.5) is 10.1 Å². The molecule has 28 heavy (non-hydrogen) atoms. The number of pyridine rings is 1. The Morgan fingerprint density at radius 2 is 2.04 bits per heavy atom. The van der Waals surface area contributed by atoms with Crippen molar-refractivity contribution in [2.75, 3.05) is 11.4 Å². The Bertz CT molecular complexity index is 1130. The van der Waals surface area contributed by atoms with Gasteiger partial charge >= 0.3 is 0 Å². The molecule has 10 heteroatoms. The maximum atomic E-state index is 13.4. The first kappa shape index (κ1) is 20.6. The number of rotatable bonds is 3. The third-order valence-electron chi connectivity index (χ3n) is 4.31. The minimum absolute atomic E-state index is 0.0185. The van der Waals surface area contributed by atoms with E-state index in [9.17, 15) is 22.7 Å². The number of benzene rings is 1. The van der Waals surface area contributed by atoms with E-state index in [1.807, 2.05) is 0 Å². The lowest BCUT2D eigenvalue weighted by molar-refractivity contribution is -0.116. The van der Waals surface area contributed by atoms with Crippen LogP contribution < -0.4 is 4.90 Å². The lowest BCUT2D eigenvalue weighted by Gasteiger charge is -2.25. The monoisotopic (exact) mass is 444 g/mol. The highest BCUT2D eigenvalue weighted by molar-refractivity contribution is 8.00. The van der Waals surface area contributed by atoms with Gasteiger partial charge in [-0.25, -0.2) is 17.8 Å². The molecule has 0 radical (unpaired) electrons. The van der Waals surface area contributed by atoms with Gasteiger partial charge in [-0.15, -0.1) is 0 Å². The third kappa shape index (κ3) is 3.36. The molecule has 1 aromatic heterocycles. The molecule has 0 aliphatic carbocycles. The third-order valence-corrected chi connectivity index (χ3v) is 6.72. The van der Waals surface area contributed by atoms with Crippen LogP contribution >= 0.6 is 23.2 Å². The standard InChI is InChI=1S/C18H15Cl2FN2O4S/c1-3-23(9(2)24)16-13(19)5-4-12(14(16)20)18-17(25)15-10(8-28(18,26)27)6-11(21)7-22-15/h4-7,25H,3,8H2,1-2H3. The van der Waals surface area contributed by atoms with E-state index in [4.69, 9.17) is 23.2 Å². The summed E-state index contributed by atoms with van der Waals surface area (Å²) >= 11 is 12.6. The van der Waals surface area contributed by atoms with Gasteiger partial charge in [0.2, 0.25) is 5.91 Å². The van der Waals surface area contributed by atoms with Crippen LogP contribution in [-0.4, -0.2) is 31.0 Å². The number of aliphatic hydroxyl groups excluding tert-OH is 1. The molecule has 1 aliphatic heterocycles. The highest BCUT2D eigenvalue weighted by Gasteiger charge is 2.35. The second kappa shape index (κ2) is 7.35. The van der Waals surface area contributed by atoms with Crippen LogP contribution in [0.15, 0.2) is 24.4 Å². The number of carbonyl (C=O) groups excluding carboxylic acids is 1. The fourth-order valence-electron chi connectivity index (χ4n) is 3.13. The second-order valence-electron chi connectivity index (χ2n) is 6.12. The fourth-order valence-corrected chi connectivity index (χ4v) is 5.53. The Hall–Kier alpha value is -2.16. The largest absolute Gasteiger partial charge is 0.504 e. The number of hydrogen-bond donors (Lipinski definition) is 1. The summed E-state index contributed by atoms with van der Waals surface area (Å²) in [7, 11) is -4.07. The Kier molecular flexibility index (Phi) is 5.40. The predicted octanol–water partition coefficient (Wildman–Crippen LogP) is 4.21. The number of anilines is 1. The van der Waals surface area contributed by atoms with E-state index in [-0.39, 0.29) is 45.0 Å². The van der Waals surface area contributed by atoms with E-state index in [1.54, 1.807) is 6.92 Å². The summed E-state index contributed by atoms with van der Waals surface area (Å²) in [5.74, 6) is -2.24. The molecule has 6 nitrogen and oxygen atoms in total. The highest BCUT2D eigenvalue weighted by Crippen LogP contribution is 2.44. The zero-order valence-corrected chi connectivity index (χ0v) is 17.2. The van der Waals surface area contributed by atoms with Crippen molar-refractivity contribution in [2.24, 2.45) is 0 Å². The summed E-state index contributed by atoms with van der Waals surface area (Å²) < 4.78 is 39.1. The highest BCUT2D eigenvalue weighted by atomic mass is 35.5. The average Bonchev–Trinajstić information content (AvgIpc) is 2.59. The van der Waals surface area contributed by atoms with Crippen molar-refractivity contribution in [3.05, 3.63) is 57.1 Å². The number of fused-ring (bicyclic) bond motifs is 1. The Balaban J connectivity index is 2.32. The molecule has 1 aliphatic rings. The van der Waals surface area contributed by atoms with Gasteiger partial charge in [0.1, 0.15) is 16.4 Å². The van der Waals surface area contributed by atoms with Gasteiger partial charge in [0.05, 0.1) is 27.7 Å². The molecular weight excluding hydrogens is 430 g/mol. The van der Waals surface area contributed by atoms with Crippen molar-refractivity contribution in [1.82, 2.24) is 4.98 Å². The lowest BCUT2D eigenvalue weighted by Crippen LogP contribution is -2.29. The number of halogens is 3. The molecule has 3 rings (SSSR count). The molecular formula is C18H15Cl2FN2O4S. The van der Waals surface area contributed by atoms with Crippen LogP contribution in [-0.2, 0) is 20.4 Å². The first-order valence-electron chi connectivity index (χ1n) is 8.15. The summed E-state index contributed by atoms with van der Waals surface area (Å²) in [5.41, 5.74) is 0.127. The van der Waals surface area contributed by atoms with Gasteiger partial charge in [0.25, 0.3) is 0 Å². The van der Waals surface area contributed by atoms with E-state index in [2.05, 4.69) is 4.98 Å². The fraction of sp³-hybridized carbons (Fsp3) is 0.222. The van der Waals surface area contributed by atoms with E-state index < -0.39 is 32.1 Å². The molecule has 2 aromatic rings. The number of aromatic nitrogens is 1. The van der Waals surface area contributed by atoms with Crippen LogP contribution in [0.2, 0.25) is 10.0 Å². The molecule has 0 fully saturated rings. The van der Waals surface area contributed by atoms with E-state index in [0.717, 1.165) is 12.3 Å². The number of hydrogen-bond acceptors (Lipinski definition) is 5. The SMILES string of the molecule is CCN(C(C)=O)c1c(Cl)ccc(C2=C(O)c3ncc(F)cc3CS2(=O)=O)c1Cl. The molecule has 0 spiro atoms. The lowest BCUT2D eigenvalue weighted by atomic mass is 10.1. The van der Waals surface area contributed by atoms with Crippen molar-refractivity contribution in [1.29, 1.82) is 0 Å². The molecule has 2 heterocycles. The van der Waals surface area contributed by atoms with Gasteiger partial charge in [0, 0.05) is 19.0 Å². The molecule has 0 saturated carbocycles. The molecule has 0 bridgehead atoms. The number of aliphatic hydroxyl groups is 1. The van der Waals surface area contributed by atoms with Crippen LogP contribution in [0, 0.1) is 5.82 Å². The first-order chi connectivity index (χ1) is 13.1. The predicted molar refractivity (Wildman–Crippen MR) is 106 cm³/mol. The minimum atomic E-state index is -4.07. The molecule has 1 N–H and O–H groups in total. The van der Waals surface area contributed by atoms with Crippen molar-refractivity contribution in [3.8, 4) is 0 Å². The summed E-state index contributed by atoms with van der Waals surface area (Å²) in [6, 6.07) is 3.75. The van der Waals surface area contributed by atoms with Crippen LogP contribution in [0.5, 0.6) is 0 Å². The summed E-state index contributed by atoms with van der Waals surface area (Å²) in [4.78, 5) is 16.6. The zero-order chi connectivity index (χ0) is 20.8. The zero-order valence-electron chi connectivity index (χ0n) is 14.8. The Morgan fingerprint density at radius 3 is 2.64 bits per heavy atom. The summed E-state index contributed by atoms with van der Waals surface area (Å²) in [6.45, 7) is 3.29. The number of carbonyl (C=O) groups is 1. The van der Waals surface area contributed by atoms with E-state index in [0.29, 0.717) is 0 Å². The van der Waals surface area contributed by atoms with Gasteiger partial charge < -0.3 is 10.0 Å². The van der Waals surface area contributed by atoms with E-state index >= 15 is 0 Å². The Labute approximate surface area is 171 Å². The topological polar surface area (TPSA) is 87.6 Å².